The lowest BCUT2D eigenvalue weighted by molar-refractivity contribution is -0.148. The number of thioether (sulfide) groups is 1. The minimum Gasteiger partial charge on any atom is -0.394 e. The fourth-order valence-corrected chi connectivity index (χ4v) is 11.0. The number of carbonyl (C=O) groups is 3. The van der Waals surface area contributed by atoms with Crippen molar-refractivity contribution in [2.75, 3.05) is 19.7 Å². The number of amides is 3. The first-order valence-corrected chi connectivity index (χ1v) is 17.1. The molecule has 5 rings (SSSR count). The van der Waals surface area contributed by atoms with E-state index in [1.807, 2.05) is 74.5 Å². The Labute approximate surface area is 273 Å². The third kappa shape index (κ3) is 5.79. The first-order chi connectivity index (χ1) is 21.2. The molecule has 0 aromatic heterocycles. The Kier molecular flexibility index (Phi) is 10.1. The van der Waals surface area contributed by atoms with Crippen LogP contribution in [0.4, 0.5) is 0 Å². The van der Waals surface area contributed by atoms with Crippen molar-refractivity contribution in [3.05, 3.63) is 97.1 Å². The van der Waals surface area contributed by atoms with E-state index in [0.717, 1.165) is 11.1 Å². The van der Waals surface area contributed by atoms with Crippen LogP contribution in [0, 0.1) is 17.8 Å². The molecule has 2 bridgehead atoms. The molecular weight excluding hydrogens is 638 g/mol. The molecule has 3 unspecified atom stereocenters. The van der Waals surface area contributed by atoms with Gasteiger partial charge in [-0.2, -0.15) is 0 Å². The standard InChI is InChI=1S/C35H42BrN3O4S/c1-5-17-37(20-24-13-9-7-10-14-24)32(41)28-29-33(42)39(27(22-40)23(3)4)31(35(29)19-26(36)30(28)44-35)34(43)38(18-6-2)21-25-15-11-8-12-16-25/h5-16,23,26-31,40H,1-2,17-22H2,3-4H3/t26?,27-,28-,29-,30-,31?,35?/m0/s1. The molecule has 44 heavy (non-hydrogen) atoms. The van der Waals surface area contributed by atoms with Crippen molar-refractivity contribution in [1.29, 1.82) is 0 Å². The van der Waals surface area contributed by atoms with Crippen molar-refractivity contribution < 1.29 is 19.5 Å². The molecule has 234 valence electrons. The van der Waals surface area contributed by atoms with Crippen LogP contribution >= 0.6 is 27.7 Å². The zero-order valence-corrected chi connectivity index (χ0v) is 27.8. The summed E-state index contributed by atoms with van der Waals surface area (Å²) in [6.45, 7) is 12.9. The van der Waals surface area contributed by atoms with Gasteiger partial charge in [0.15, 0.2) is 0 Å². The Morgan fingerprint density at radius 1 is 1.00 bits per heavy atom. The summed E-state index contributed by atoms with van der Waals surface area (Å²) >= 11 is 5.50. The quantitative estimate of drug-likeness (QED) is 0.241. The SMILES string of the molecule is C=CCN(Cc1ccccc1)C(=O)C1N([C@@H](CO)C(C)C)C(=O)[C@@H]2[C@H](C(=O)N(CC=C)Cc3ccccc3)[C@H]3SC12CC3Br. The summed E-state index contributed by atoms with van der Waals surface area (Å²) in [6, 6.07) is 18.2. The van der Waals surface area contributed by atoms with Crippen LogP contribution in [0.2, 0.25) is 0 Å². The summed E-state index contributed by atoms with van der Waals surface area (Å²) in [7, 11) is 0. The van der Waals surface area contributed by atoms with Gasteiger partial charge in [-0.15, -0.1) is 24.9 Å². The number of hydrogen-bond acceptors (Lipinski definition) is 5. The maximum Gasteiger partial charge on any atom is 0.247 e. The van der Waals surface area contributed by atoms with E-state index in [9.17, 15) is 19.5 Å². The minimum atomic E-state index is -0.821. The molecule has 3 amide bonds. The van der Waals surface area contributed by atoms with Crippen molar-refractivity contribution in [2.45, 2.75) is 60.3 Å². The fraction of sp³-hybridized carbons (Fsp3) is 0.457. The molecule has 3 fully saturated rings. The van der Waals surface area contributed by atoms with Gasteiger partial charge in [-0.1, -0.05) is 103 Å². The highest BCUT2D eigenvalue weighted by Gasteiger charge is 2.76. The van der Waals surface area contributed by atoms with Crippen LogP contribution in [0.5, 0.6) is 0 Å². The van der Waals surface area contributed by atoms with Gasteiger partial charge in [-0.3, -0.25) is 14.4 Å². The van der Waals surface area contributed by atoms with Gasteiger partial charge in [0, 0.05) is 36.3 Å². The second-order valence-electron chi connectivity index (χ2n) is 12.4. The molecule has 0 saturated carbocycles. The van der Waals surface area contributed by atoms with Gasteiger partial charge < -0.3 is 19.8 Å². The fourth-order valence-electron chi connectivity index (χ4n) is 7.37. The maximum atomic E-state index is 14.8. The largest absolute Gasteiger partial charge is 0.394 e. The van der Waals surface area contributed by atoms with E-state index in [2.05, 4.69) is 29.1 Å². The van der Waals surface area contributed by atoms with Crippen LogP contribution < -0.4 is 0 Å². The van der Waals surface area contributed by atoms with Crippen molar-refractivity contribution in [3.63, 3.8) is 0 Å². The second kappa shape index (κ2) is 13.6. The summed E-state index contributed by atoms with van der Waals surface area (Å²) in [5.41, 5.74) is 1.98. The predicted molar refractivity (Wildman–Crippen MR) is 179 cm³/mol. The van der Waals surface area contributed by atoms with Crippen molar-refractivity contribution >= 4 is 45.4 Å². The highest BCUT2D eigenvalue weighted by Crippen LogP contribution is 2.68. The molecule has 9 heteroatoms. The Balaban J connectivity index is 1.56. The second-order valence-corrected chi connectivity index (χ2v) is 15.1. The summed E-state index contributed by atoms with van der Waals surface area (Å²) in [6.07, 6.45) is 4.01. The Hall–Kier alpha value is -2.88. The Bertz CT molecular complexity index is 1370. The van der Waals surface area contributed by atoms with E-state index in [1.165, 1.54) is 0 Å². The molecule has 7 atom stereocenters. The van der Waals surface area contributed by atoms with Gasteiger partial charge >= 0.3 is 0 Å². The molecule has 3 heterocycles. The van der Waals surface area contributed by atoms with Crippen LogP contribution in [-0.4, -0.2) is 84.1 Å². The molecule has 0 radical (unpaired) electrons. The topological polar surface area (TPSA) is 81.2 Å². The summed E-state index contributed by atoms with van der Waals surface area (Å²) < 4.78 is -0.807. The van der Waals surface area contributed by atoms with E-state index in [0.29, 0.717) is 32.6 Å². The van der Waals surface area contributed by atoms with Crippen LogP contribution in [0.25, 0.3) is 0 Å². The molecule has 2 aromatic carbocycles. The molecule has 2 aromatic rings. The third-order valence-corrected chi connectivity index (χ3v) is 12.5. The molecule has 1 spiro atoms. The van der Waals surface area contributed by atoms with Crippen LogP contribution in [-0.2, 0) is 27.5 Å². The average Bonchev–Trinajstić information content (AvgIpc) is 3.61. The van der Waals surface area contributed by atoms with Gasteiger partial charge in [0.25, 0.3) is 0 Å². The highest BCUT2D eigenvalue weighted by atomic mass is 79.9. The van der Waals surface area contributed by atoms with E-state index < -0.39 is 28.7 Å². The molecular formula is C35H42BrN3O4S. The van der Waals surface area contributed by atoms with Gasteiger partial charge in [0.1, 0.15) is 6.04 Å². The number of aliphatic hydroxyl groups excluding tert-OH is 1. The first kappa shape index (κ1) is 32.5. The van der Waals surface area contributed by atoms with Gasteiger partial charge in [0.2, 0.25) is 17.7 Å². The number of alkyl halides is 1. The number of benzene rings is 2. The van der Waals surface area contributed by atoms with Crippen LogP contribution in [0.3, 0.4) is 0 Å². The zero-order valence-electron chi connectivity index (χ0n) is 25.4. The van der Waals surface area contributed by atoms with Gasteiger partial charge in [0.05, 0.1) is 29.2 Å². The number of fused-ring (bicyclic) bond motifs is 1. The number of carbonyl (C=O) groups excluding carboxylic acids is 3. The van der Waals surface area contributed by atoms with E-state index in [-0.39, 0.29) is 40.3 Å². The minimum absolute atomic E-state index is 0.0448. The number of aliphatic hydroxyl groups is 1. The molecule has 0 aliphatic carbocycles. The van der Waals surface area contributed by atoms with Gasteiger partial charge in [-0.05, 0) is 23.5 Å². The number of hydrogen-bond donors (Lipinski definition) is 1. The number of rotatable bonds is 13. The Morgan fingerprint density at radius 2 is 1.52 bits per heavy atom. The number of nitrogens with zero attached hydrogens (tertiary/aromatic N) is 3. The molecule has 7 nitrogen and oxygen atoms in total. The third-order valence-electron chi connectivity index (χ3n) is 9.31. The molecule has 3 aliphatic heterocycles. The van der Waals surface area contributed by atoms with Crippen molar-refractivity contribution in [2.24, 2.45) is 17.8 Å². The van der Waals surface area contributed by atoms with E-state index in [4.69, 9.17) is 0 Å². The zero-order chi connectivity index (χ0) is 31.6. The summed E-state index contributed by atoms with van der Waals surface area (Å²) in [5, 5.41) is 10.4. The van der Waals surface area contributed by atoms with Crippen LogP contribution in [0.1, 0.15) is 31.4 Å². The first-order valence-electron chi connectivity index (χ1n) is 15.3. The summed E-state index contributed by atoms with van der Waals surface area (Å²) in [5.74, 6) is -1.85. The van der Waals surface area contributed by atoms with Crippen LogP contribution in [0.15, 0.2) is 86.0 Å². The number of halogens is 1. The number of likely N-dealkylation sites (tertiary alicyclic amines) is 1. The maximum absolute atomic E-state index is 14.8. The molecule has 3 saturated heterocycles. The average molecular weight is 681 g/mol. The van der Waals surface area contributed by atoms with Gasteiger partial charge in [-0.25, -0.2) is 0 Å². The highest BCUT2D eigenvalue weighted by molar-refractivity contribution is 9.09. The van der Waals surface area contributed by atoms with Crippen molar-refractivity contribution in [3.8, 4) is 0 Å². The predicted octanol–water partition coefficient (Wildman–Crippen LogP) is 4.90. The lowest BCUT2D eigenvalue weighted by Crippen LogP contribution is -2.58. The molecule has 3 aliphatic rings. The van der Waals surface area contributed by atoms with E-state index in [1.54, 1.807) is 38.6 Å². The normalized spacial score (nSPS) is 27.7. The molecule has 1 N–H and O–H groups in total. The smallest absolute Gasteiger partial charge is 0.247 e. The van der Waals surface area contributed by atoms with E-state index >= 15 is 0 Å². The Morgan fingerprint density at radius 3 is 2.00 bits per heavy atom. The lowest BCUT2D eigenvalue weighted by Gasteiger charge is -2.41. The van der Waals surface area contributed by atoms with Crippen molar-refractivity contribution in [1.82, 2.24) is 14.7 Å². The monoisotopic (exact) mass is 679 g/mol. The lowest BCUT2D eigenvalue weighted by atomic mass is 9.70. The summed E-state index contributed by atoms with van der Waals surface area (Å²) in [4.78, 5) is 49.1.